The number of anilines is 1. The number of hydrogen-bond donors (Lipinski definition) is 3. The number of nitrogens with two attached hydrogens (primary N) is 1. The van der Waals surface area contributed by atoms with Crippen molar-refractivity contribution in [1.82, 2.24) is 5.43 Å². The molecular formula is C15H17N3O. The second kappa shape index (κ2) is 6.02. The highest BCUT2D eigenvalue weighted by Gasteiger charge is 2.00. The molecule has 0 heterocycles. The molecule has 4 N–H and O–H groups in total. The molecule has 0 fully saturated rings. The Morgan fingerprint density at radius 2 is 1.53 bits per heavy atom. The number of amides is 2. The highest BCUT2D eigenvalue weighted by molar-refractivity contribution is 5.88. The van der Waals surface area contributed by atoms with Gasteiger partial charge in [-0.15, -0.1) is 0 Å². The van der Waals surface area contributed by atoms with Gasteiger partial charge in [-0.2, -0.15) is 0 Å². The summed E-state index contributed by atoms with van der Waals surface area (Å²) in [5, 5.41) is 2.62. The van der Waals surface area contributed by atoms with Gasteiger partial charge >= 0.3 is 6.03 Å². The maximum Gasteiger partial charge on any atom is 0.333 e. The van der Waals surface area contributed by atoms with Crippen LogP contribution in [0.25, 0.3) is 0 Å². The molecule has 0 unspecified atom stereocenters. The van der Waals surface area contributed by atoms with Crippen LogP contribution in [-0.2, 0) is 6.42 Å². The lowest BCUT2D eigenvalue weighted by molar-refractivity contribution is 0.252. The Morgan fingerprint density at radius 1 is 1.00 bits per heavy atom. The van der Waals surface area contributed by atoms with Crippen molar-refractivity contribution < 1.29 is 4.79 Å². The Kier molecular flexibility index (Phi) is 4.15. The fraction of sp³-hybridized carbons (Fsp3) is 0.133. The van der Waals surface area contributed by atoms with Gasteiger partial charge in [0.05, 0.1) is 0 Å². The molecular weight excluding hydrogens is 238 g/mol. The molecule has 0 saturated heterocycles. The van der Waals surface area contributed by atoms with Crippen LogP contribution in [0.3, 0.4) is 0 Å². The first-order chi connectivity index (χ1) is 9.17. The molecule has 0 aromatic heterocycles. The molecule has 0 saturated carbocycles. The highest BCUT2D eigenvalue weighted by atomic mass is 16.2. The molecule has 4 heteroatoms. The fourth-order valence-electron chi connectivity index (χ4n) is 1.81. The summed E-state index contributed by atoms with van der Waals surface area (Å²) < 4.78 is 0. The van der Waals surface area contributed by atoms with Gasteiger partial charge in [0, 0.05) is 5.69 Å². The largest absolute Gasteiger partial charge is 0.333 e. The molecule has 19 heavy (non-hydrogen) atoms. The van der Waals surface area contributed by atoms with E-state index in [0.717, 1.165) is 12.1 Å². The number of carbonyl (C=O) groups excluding carboxylic acids is 1. The summed E-state index contributed by atoms with van der Waals surface area (Å²) in [6.45, 7) is 2.08. The number of nitrogens with one attached hydrogen (secondary N) is 2. The molecule has 0 aliphatic heterocycles. The minimum atomic E-state index is -0.425. The first-order valence-corrected chi connectivity index (χ1v) is 6.09. The predicted octanol–water partition coefficient (Wildman–Crippen LogP) is 2.58. The minimum Gasteiger partial charge on any atom is -0.307 e. The zero-order valence-corrected chi connectivity index (χ0v) is 10.8. The Balaban J connectivity index is 2.02. The van der Waals surface area contributed by atoms with Gasteiger partial charge in [-0.3, -0.25) is 5.43 Å². The van der Waals surface area contributed by atoms with Gasteiger partial charge in [-0.25, -0.2) is 10.6 Å². The first kappa shape index (κ1) is 13.1. The van der Waals surface area contributed by atoms with Crippen LogP contribution in [0.5, 0.6) is 0 Å². The van der Waals surface area contributed by atoms with E-state index in [2.05, 4.69) is 36.5 Å². The third kappa shape index (κ3) is 3.82. The second-order valence-electron chi connectivity index (χ2n) is 4.46. The number of hydrazine groups is 1. The van der Waals surface area contributed by atoms with Crippen LogP contribution < -0.4 is 16.6 Å². The third-order valence-electron chi connectivity index (χ3n) is 2.87. The highest BCUT2D eigenvalue weighted by Crippen LogP contribution is 2.14. The number of rotatable bonds is 3. The average molecular weight is 255 g/mol. The number of hydrogen-bond acceptors (Lipinski definition) is 2. The molecule has 0 spiro atoms. The van der Waals surface area contributed by atoms with Gasteiger partial charge in [0.25, 0.3) is 0 Å². The molecule has 2 aromatic carbocycles. The van der Waals surface area contributed by atoms with E-state index in [0.29, 0.717) is 0 Å². The molecule has 0 atom stereocenters. The van der Waals surface area contributed by atoms with Gasteiger partial charge < -0.3 is 5.32 Å². The first-order valence-electron chi connectivity index (χ1n) is 6.09. The van der Waals surface area contributed by atoms with E-state index in [9.17, 15) is 4.79 Å². The van der Waals surface area contributed by atoms with E-state index in [1.165, 1.54) is 16.7 Å². The van der Waals surface area contributed by atoms with Crippen molar-refractivity contribution in [2.24, 2.45) is 5.84 Å². The van der Waals surface area contributed by atoms with Gasteiger partial charge in [-0.05, 0) is 36.6 Å². The molecule has 0 aliphatic carbocycles. The molecule has 0 bridgehead atoms. The van der Waals surface area contributed by atoms with E-state index < -0.39 is 6.03 Å². The zero-order valence-electron chi connectivity index (χ0n) is 10.8. The van der Waals surface area contributed by atoms with Crippen molar-refractivity contribution in [3.05, 3.63) is 65.2 Å². The summed E-state index contributed by atoms with van der Waals surface area (Å²) in [5.74, 6) is 5.00. The smallest absolute Gasteiger partial charge is 0.307 e. The second-order valence-corrected chi connectivity index (χ2v) is 4.46. The summed E-state index contributed by atoms with van der Waals surface area (Å²) in [4.78, 5) is 11.0. The van der Waals surface area contributed by atoms with Crippen LogP contribution in [-0.4, -0.2) is 6.03 Å². The molecule has 0 aliphatic rings. The third-order valence-corrected chi connectivity index (χ3v) is 2.87. The minimum absolute atomic E-state index is 0.425. The quantitative estimate of drug-likeness (QED) is 0.448. The van der Waals surface area contributed by atoms with Crippen LogP contribution in [0.4, 0.5) is 10.5 Å². The number of carbonyl (C=O) groups is 1. The van der Waals surface area contributed by atoms with Crippen molar-refractivity contribution >= 4 is 11.7 Å². The summed E-state index contributed by atoms with van der Waals surface area (Å²) in [6, 6.07) is 15.8. The lowest BCUT2D eigenvalue weighted by atomic mass is 10.0. The van der Waals surface area contributed by atoms with Crippen molar-refractivity contribution in [1.29, 1.82) is 0 Å². The summed E-state index contributed by atoms with van der Waals surface area (Å²) in [6.07, 6.45) is 0.879. The predicted molar refractivity (Wildman–Crippen MR) is 76.8 cm³/mol. The van der Waals surface area contributed by atoms with Gasteiger partial charge in [0.2, 0.25) is 0 Å². The Morgan fingerprint density at radius 3 is 2.05 bits per heavy atom. The Labute approximate surface area is 112 Å². The van der Waals surface area contributed by atoms with Crippen molar-refractivity contribution in [2.45, 2.75) is 13.3 Å². The van der Waals surface area contributed by atoms with Crippen LogP contribution in [0.15, 0.2) is 48.5 Å². The van der Waals surface area contributed by atoms with Crippen LogP contribution in [0.2, 0.25) is 0 Å². The van der Waals surface area contributed by atoms with Gasteiger partial charge in [0.1, 0.15) is 0 Å². The Hall–Kier alpha value is -2.33. The lowest BCUT2D eigenvalue weighted by Crippen LogP contribution is -2.34. The van der Waals surface area contributed by atoms with Crippen LogP contribution >= 0.6 is 0 Å². The fourth-order valence-corrected chi connectivity index (χ4v) is 1.81. The standard InChI is InChI=1S/C15H17N3O/c1-11-2-4-12(5-3-11)10-13-6-8-14(9-7-13)17-15(19)18-16/h2-9H,10,16H2,1H3,(H2,17,18,19). The molecule has 2 rings (SSSR count). The molecule has 4 nitrogen and oxygen atoms in total. The number of urea groups is 1. The van der Waals surface area contributed by atoms with E-state index in [4.69, 9.17) is 5.84 Å². The summed E-state index contributed by atoms with van der Waals surface area (Å²) >= 11 is 0. The molecule has 2 amide bonds. The van der Waals surface area contributed by atoms with E-state index in [-0.39, 0.29) is 0 Å². The Bertz CT molecular complexity index is 547. The summed E-state index contributed by atoms with van der Waals surface area (Å²) in [7, 11) is 0. The van der Waals surface area contributed by atoms with Crippen LogP contribution in [0, 0.1) is 6.92 Å². The normalized spacial score (nSPS) is 10.0. The van der Waals surface area contributed by atoms with E-state index in [1.807, 2.05) is 29.7 Å². The monoisotopic (exact) mass is 255 g/mol. The topological polar surface area (TPSA) is 67.2 Å². The summed E-state index contributed by atoms with van der Waals surface area (Å²) in [5.41, 5.74) is 6.47. The molecule has 2 aromatic rings. The van der Waals surface area contributed by atoms with Crippen molar-refractivity contribution in [3.8, 4) is 0 Å². The lowest BCUT2D eigenvalue weighted by Gasteiger charge is -2.06. The molecule has 0 radical (unpaired) electrons. The zero-order chi connectivity index (χ0) is 13.7. The molecule has 98 valence electrons. The van der Waals surface area contributed by atoms with Gasteiger partial charge in [-0.1, -0.05) is 42.0 Å². The van der Waals surface area contributed by atoms with E-state index >= 15 is 0 Å². The maximum absolute atomic E-state index is 11.0. The maximum atomic E-state index is 11.0. The van der Waals surface area contributed by atoms with Crippen molar-refractivity contribution in [3.63, 3.8) is 0 Å². The number of benzene rings is 2. The van der Waals surface area contributed by atoms with Crippen molar-refractivity contribution in [2.75, 3.05) is 5.32 Å². The SMILES string of the molecule is Cc1ccc(Cc2ccc(NC(=O)NN)cc2)cc1. The van der Waals surface area contributed by atoms with E-state index in [1.54, 1.807) is 0 Å². The van der Waals surface area contributed by atoms with Gasteiger partial charge in [0.15, 0.2) is 0 Å². The number of aryl methyl sites for hydroxylation is 1. The average Bonchev–Trinajstić information content (AvgIpc) is 2.43. The van der Waals surface area contributed by atoms with Crippen LogP contribution in [0.1, 0.15) is 16.7 Å².